The Labute approximate surface area is 116 Å². The Morgan fingerprint density at radius 3 is 2.50 bits per heavy atom. The van der Waals surface area contributed by atoms with Gasteiger partial charge in [-0.2, -0.15) is 0 Å². The van der Waals surface area contributed by atoms with Gasteiger partial charge in [-0.1, -0.05) is 12.1 Å². The van der Waals surface area contributed by atoms with E-state index in [1.807, 2.05) is 6.07 Å². The Kier molecular flexibility index (Phi) is 3.65. The number of para-hydroxylation sites is 1. The molecule has 0 heterocycles. The maximum Gasteiger partial charge on any atom is 0.167 e. The van der Waals surface area contributed by atoms with Gasteiger partial charge in [-0.3, -0.25) is 0 Å². The summed E-state index contributed by atoms with van der Waals surface area (Å²) in [6.07, 6.45) is 2.34. The number of benzene rings is 2. The third-order valence-corrected chi connectivity index (χ3v) is 3.24. The van der Waals surface area contributed by atoms with Crippen LogP contribution in [-0.2, 0) is 6.54 Å². The summed E-state index contributed by atoms with van der Waals surface area (Å²) in [4.78, 5) is 0. The number of ether oxygens (including phenoxy) is 1. The topological polar surface area (TPSA) is 21.3 Å². The predicted molar refractivity (Wildman–Crippen MR) is 72.7 cm³/mol. The smallest absolute Gasteiger partial charge is 0.167 e. The largest absolute Gasteiger partial charge is 0.454 e. The summed E-state index contributed by atoms with van der Waals surface area (Å²) in [6.45, 7) is 0.568. The minimum absolute atomic E-state index is 0.201. The molecular formula is C16H15F2NO. The number of nitrogens with one attached hydrogen (secondary N) is 1. The van der Waals surface area contributed by atoms with E-state index >= 15 is 0 Å². The maximum absolute atomic E-state index is 13.9. The molecule has 0 amide bonds. The van der Waals surface area contributed by atoms with Crippen molar-refractivity contribution in [1.82, 2.24) is 5.32 Å². The van der Waals surface area contributed by atoms with Crippen molar-refractivity contribution in [3.63, 3.8) is 0 Å². The minimum Gasteiger partial charge on any atom is -0.454 e. The van der Waals surface area contributed by atoms with E-state index in [-0.39, 0.29) is 11.6 Å². The van der Waals surface area contributed by atoms with Gasteiger partial charge in [-0.05, 0) is 43.2 Å². The predicted octanol–water partition coefficient (Wildman–Crippen LogP) is 4.01. The molecule has 0 saturated heterocycles. The lowest BCUT2D eigenvalue weighted by atomic mass is 10.2. The lowest BCUT2D eigenvalue weighted by Crippen LogP contribution is -2.16. The minimum atomic E-state index is -0.413. The zero-order chi connectivity index (χ0) is 13.9. The van der Waals surface area contributed by atoms with Gasteiger partial charge >= 0.3 is 0 Å². The van der Waals surface area contributed by atoms with Crippen molar-refractivity contribution in [1.29, 1.82) is 0 Å². The number of hydrogen-bond acceptors (Lipinski definition) is 2. The van der Waals surface area contributed by atoms with Crippen LogP contribution in [0, 0.1) is 11.6 Å². The van der Waals surface area contributed by atoms with Crippen LogP contribution >= 0.6 is 0 Å². The summed E-state index contributed by atoms with van der Waals surface area (Å²) in [5.41, 5.74) is 0.765. The van der Waals surface area contributed by atoms with E-state index in [1.54, 1.807) is 6.07 Å². The van der Waals surface area contributed by atoms with E-state index in [4.69, 9.17) is 4.74 Å². The van der Waals surface area contributed by atoms with Gasteiger partial charge in [0, 0.05) is 18.2 Å². The van der Waals surface area contributed by atoms with Gasteiger partial charge in [0.05, 0.1) is 0 Å². The highest BCUT2D eigenvalue weighted by atomic mass is 19.1. The van der Waals surface area contributed by atoms with Crippen LogP contribution in [0.15, 0.2) is 42.5 Å². The average molecular weight is 275 g/mol. The second-order valence-corrected chi connectivity index (χ2v) is 4.94. The normalized spacial score (nSPS) is 14.3. The molecule has 1 N–H and O–H groups in total. The van der Waals surface area contributed by atoms with E-state index in [1.165, 1.54) is 43.2 Å². The molecular weight excluding hydrogens is 260 g/mol. The first kappa shape index (κ1) is 13.1. The Balaban J connectivity index is 1.80. The van der Waals surface area contributed by atoms with Gasteiger partial charge in [-0.15, -0.1) is 0 Å². The lowest BCUT2D eigenvalue weighted by molar-refractivity contribution is 0.432. The first-order chi connectivity index (χ1) is 9.72. The zero-order valence-corrected chi connectivity index (χ0v) is 10.9. The van der Waals surface area contributed by atoms with Crippen molar-refractivity contribution >= 4 is 0 Å². The van der Waals surface area contributed by atoms with E-state index in [0.717, 1.165) is 5.56 Å². The molecule has 2 nitrogen and oxygen atoms in total. The first-order valence-electron chi connectivity index (χ1n) is 6.66. The quantitative estimate of drug-likeness (QED) is 0.890. The van der Waals surface area contributed by atoms with Crippen LogP contribution in [0.3, 0.4) is 0 Å². The van der Waals surface area contributed by atoms with Gasteiger partial charge in [-0.25, -0.2) is 8.78 Å². The molecule has 1 aliphatic rings. The number of halogens is 2. The summed E-state index contributed by atoms with van der Waals surface area (Å²) in [6, 6.07) is 10.9. The Morgan fingerprint density at radius 2 is 1.80 bits per heavy atom. The van der Waals surface area contributed by atoms with Crippen molar-refractivity contribution < 1.29 is 13.5 Å². The van der Waals surface area contributed by atoms with Crippen LogP contribution in [0.25, 0.3) is 0 Å². The van der Waals surface area contributed by atoms with E-state index in [0.29, 0.717) is 18.3 Å². The summed E-state index contributed by atoms with van der Waals surface area (Å²) >= 11 is 0. The van der Waals surface area contributed by atoms with Crippen LogP contribution < -0.4 is 10.1 Å². The average Bonchev–Trinajstić information content (AvgIpc) is 3.26. The van der Waals surface area contributed by atoms with Gasteiger partial charge in [0.15, 0.2) is 11.6 Å². The molecule has 0 aliphatic heterocycles. The van der Waals surface area contributed by atoms with Gasteiger partial charge in [0.1, 0.15) is 11.6 Å². The molecule has 2 aromatic rings. The number of rotatable bonds is 5. The van der Waals surface area contributed by atoms with Crippen molar-refractivity contribution in [2.45, 2.75) is 25.4 Å². The van der Waals surface area contributed by atoms with E-state index in [2.05, 4.69) is 5.32 Å². The molecule has 0 bridgehead atoms. The molecule has 0 unspecified atom stereocenters. The van der Waals surface area contributed by atoms with E-state index < -0.39 is 5.82 Å². The summed E-state index contributed by atoms with van der Waals surface area (Å²) in [7, 11) is 0. The van der Waals surface area contributed by atoms with Gasteiger partial charge in [0.2, 0.25) is 0 Å². The van der Waals surface area contributed by atoms with Crippen LogP contribution in [0.5, 0.6) is 11.5 Å². The van der Waals surface area contributed by atoms with Crippen molar-refractivity contribution in [3.05, 3.63) is 59.7 Å². The molecule has 2 aromatic carbocycles. The number of hydrogen-bond donors (Lipinski definition) is 1. The Hall–Kier alpha value is -1.94. The molecule has 0 aromatic heterocycles. The first-order valence-corrected chi connectivity index (χ1v) is 6.66. The molecule has 1 aliphatic carbocycles. The highest BCUT2D eigenvalue weighted by Gasteiger charge is 2.21. The Bertz CT molecular complexity index is 594. The fourth-order valence-corrected chi connectivity index (χ4v) is 1.97. The molecule has 20 heavy (non-hydrogen) atoms. The molecule has 1 saturated carbocycles. The van der Waals surface area contributed by atoms with Crippen molar-refractivity contribution in [2.75, 3.05) is 0 Å². The third-order valence-electron chi connectivity index (χ3n) is 3.24. The maximum atomic E-state index is 13.9. The molecule has 0 atom stereocenters. The monoisotopic (exact) mass is 275 g/mol. The molecule has 4 heteroatoms. The standard InChI is InChI=1S/C16H15F2NO/c17-12-4-8-14(9-5-12)20-16-11(2-1-3-15(16)18)10-19-13-6-7-13/h1-5,8-9,13,19H,6-7,10H2. The van der Waals surface area contributed by atoms with Crippen LogP contribution in [0.1, 0.15) is 18.4 Å². The third kappa shape index (κ3) is 3.14. The van der Waals surface area contributed by atoms with Crippen LogP contribution in [0.2, 0.25) is 0 Å². The fourth-order valence-electron chi connectivity index (χ4n) is 1.97. The van der Waals surface area contributed by atoms with Gasteiger partial charge < -0.3 is 10.1 Å². The van der Waals surface area contributed by atoms with E-state index in [9.17, 15) is 8.78 Å². The van der Waals surface area contributed by atoms with Crippen molar-refractivity contribution in [3.8, 4) is 11.5 Å². The van der Waals surface area contributed by atoms with Gasteiger partial charge in [0.25, 0.3) is 0 Å². The molecule has 104 valence electrons. The molecule has 0 radical (unpaired) electrons. The second-order valence-electron chi connectivity index (χ2n) is 4.94. The zero-order valence-electron chi connectivity index (χ0n) is 10.9. The SMILES string of the molecule is Fc1ccc(Oc2c(F)cccc2CNC2CC2)cc1. The second kappa shape index (κ2) is 5.59. The Morgan fingerprint density at radius 1 is 1.05 bits per heavy atom. The van der Waals surface area contributed by atoms with Crippen LogP contribution in [-0.4, -0.2) is 6.04 Å². The molecule has 0 spiro atoms. The summed E-state index contributed by atoms with van der Waals surface area (Å²) < 4.78 is 32.4. The highest BCUT2D eigenvalue weighted by molar-refractivity contribution is 5.39. The molecule has 3 rings (SSSR count). The van der Waals surface area contributed by atoms with Crippen molar-refractivity contribution in [2.24, 2.45) is 0 Å². The summed E-state index contributed by atoms with van der Waals surface area (Å²) in [5, 5.41) is 3.33. The highest BCUT2D eigenvalue weighted by Crippen LogP contribution is 2.29. The summed E-state index contributed by atoms with van der Waals surface area (Å²) in [5.74, 6) is -0.137. The molecule has 1 fully saturated rings. The lowest BCUT2D eigenvalue weighted by Gasteiger charge is -2.12. The fraction of sp³-hybridized carbons (Fsp3) is 0.250. The van der Waals surface area contributed by atoms with Crippen LogP contribution in [0.4, 0.5) is 8.78 Å².